The summed E-state index contributed by atoms with van der Waals surface area (Å²) in [5.74, 6) is 0.326. The maximum Gasteiger partial charge on any atom is 0.361 e. The summed E-state index contributed by atoms with van der Waals surface area (Å²) in [7, 11) is 1.66. The third kappa shape index (κ3) is 4.22. The molecule has 3 rings (SSSR count). The van der Waals surface area contributed by atoms with E-state index in [1.54, 1.807) is 14.0 Å². The van der Waals surface area contributed by atoms with Crippen LogP contribution < -0.4 is 4.74 Å². The van der Waals surface area contributed by atoms with Gasteiger partial charge in [-0.1, -0.05) is 12.8 Å². The van der Waals surface area contributed by atoms with Gasteiger partial charge in [0.2, 0.25) is 0 Å². The van der Waals surface area contributed by atoms with Gasteiger partial charge in [0.1, 0.15) is 11.4 Å². The molecule has 1 saturated heterocycles. The van der Waals surface area contributed by atoms with E-state index in [1.807, 2.05) is 18.2 Å². The lowest BCUT2D eigenvalue weighted by atomic mass is 10.0. The smallest absolute Gasteiger partial charge is 0.361 e. The zero-order valence-electron chi connectivity index (χ0n) is 15.5. The molecular weight excluding hydrogens is 332 g/mol. The van der Waals surface area contributed by atoms with Crippen molar-refractivity contribution in [2.24, 2.45) is 0 Å². The molecule has 0 saturated carbocycles. The highest BCUT2D eigenvalue weighted by Crippen LogP contribution is 2.29. The molecule has 0 spiro atoms. The minimum absolute atomic E-state index is 0.217. The first-order valence-electron chi connectivity index (χ1n) is 9.20. The van der Waals surface area contributed by atoms with E-state index >= 15 is 0 Å². The second-order valence-corrected chi connectivity index (χ2v) is 6.45. The van der Waals surface area contributed by atoms with Crippen LogP contribution in [0.1, 0.15) is 48.7 Å². The Kier molecular flexibility index (Phi) is 6.22. The highest BCUT2D eigenvalue weighted by atomic mass is 16.5. The van der Waals surface area contributed by atoms with Crippen LogP contribution in [-0.4, -0.2) is 53.1 Å². The van der Waals surface area contributed by atoms with E-state index in [9.17, 15) is 4.79 Å². The summed E-state index contributed by atoms with van der Waals surface area (Å²) in [6, 6.07) is 5.83. The molecule has 1 aromatic heterocycles. The van der Waals surface area contributed by atoms with Gasteiger partial charge in [-0.2, -0.15) is 10.3 Å². The predicted octanol–water partition coefficient (Wildman–Crippen LogP) is 3.03. The van der Waals surface area contributed by atoms with Crippen LogP contribution in [0, 0.1) is 0 Å². The highest BCUT2D eigenvalue weighted by Gasteiger charge is 2.22. The van der Waals surface area contributed by atoms with E-state index in [1.165, 1.54) is 25.7 Å². The maximum atomic E-state index is 12.2. The van der Waals surface area contributed by atoms with Gasteiger partial charge >= 0.3 is 5.97 Å². The molecule has 2 heterocycles. The fraction of sp³-hybridized carbons (Fsp3) is 0.526. The van der Waals surface area contributed by atoms with Gasteiger partial charge in [0.15, 0.2) is 5.69 Å². The van der Waals surface area contributed by atoms with Crippen LogP contribution in [0.3, 0.4) is 0 Å². The molecule has 26 heavy (non-hydrogen) atoms. The Morgan fingerprint density at radius 3 is 2.65 bits per heavy atom. The Morgan fingerprint density at radius 2 is 1.96 bits per heavy atom. The number of methoxy groups -OCH3 is 1. The second-order valence-electron chi connectivity index (χ2n) is 6.45. The molecule has 7 nitrogen and oxygen atoms in total. The van der Waals surface area contributed by atoms with Crippen LogP contribution in [0.4, 0.5) is 0 Å². The number of ether oxygens (including phenoxy) is 2. The number of carbonyl (C=O) groups excluding carboxylic acids is 1. The molecular formula is C19H26N4O3. The lowest BCUT2D eigenvalue weighted by molar-refractivity contribution is 0.0520. The Bertz CT molecular complexity index is 736. The van der Waals surface area contributed by atoms with Crippen LogP contribution in [0.25, 0.3) is 11.3 Å². The quantitative estimate of drug-likeness (QED) is 0.800. The van der Waals surface area contributed by atoms with Crippen molar-refractivity contribution in [3.63, 3.8) is 0 Å². The largest absolute Gasteiger partial charge is 0.497 e. The summed E-state index contributed by atoms with van der Waals surface area (Å²) in [6.07, 6.45) is 5.02. The number of rotatable bonds is 6. The van der Waals surface area contributed by atoms with Gasteiger partial charge in [-0.25, -0.2) is 4.79 Å². The molecule has 7 heteroatoms. The van der Waals surface area contributed by atoms with Gasteiger partial charge in [0, 0.05) is 12.1 Å². The summed E-state index contributed by atoms with van der Waals surface area (Å²) in [6.45, 7) is 5.03. The van der Waals surface area contributed by atoms with Crippen molar-refractivity contribution in [2.45, 2.75) is 39.2 Å². The zero-order valence-corrected chi connectivity index (χ0v) is 15.5. The minimum atomic E-state index is -0.465. The summed E-state index contributed by atoms with van der Waals surface area (Å²) < 4.78 is 10.5. The van der Waals surface area contributed by atoms with Gasteiger partial charge < -0.3 is 9.47 Å². The first-order chi connectivity index (χ1) is 12.7. The SMILES string of the molecule is CCOC(=O)c1n[nH]nc1-c1ccc(OC)cc1CN1CCCCCC1. The molecule has 0 radical (unpaired) electrons. The van der Waals surface area contributed by atoms with Gasteiger partial charge in [-0.3, -0.25) is 4.90 Å². The van der Waals surface area contributed by atoms with Crippen molar-refractivity contribution < 1.29 is 14.3 Å². The summed E-state index contributed by atoms with van der Waals surface area (Å²) in [5, 5.41) is 10.8. The molecule has 0 atom stereocenters. The highest BCUT2D eigenvalue weighted by molar-refractivity contribution is 5.94. The molecule has 1 N–H and O–H groups in total. The van der Waals surface area contributed by atoms with Gasteiger partial charge in [-0.15, -0.1) is 5.10 Å². The van der Waals surface area contributed by atoms with Gasteiger partial charge in [0.05, 0.1) is 13.7 Å². The lowest BCUT2D eigenvalue weighted by Gasteiger charge is -2.21. The van der Waals surface area contributed by atoms with Crippen LogP contribution in [0.2, 0.25) is 0 Å². The normalized spacial score (nSPS) is 15.5. The number of aromatic nitrogens is 3. The number of nitrogens with zero attached hydrogens (tertiary/aromatic N) is 3. The average Bonchev–Trinajstić information content (AvgIpc) is 3.00. The third-order valence-electron chi connectivity index (χ3n) is 4.68. The Balaban J connectivity index is 1.94. The molecule has 0 aliphatic carbocycles. The molecule has 1 aromatic carbocycles. The molecule has 1 aliphatic heterocycles. The Hall–Kier alpha value is -2.41. The fourth-order valence-corrected chi connectivity index (χ4v) is 3.35. The number of H-pyrrole nitrogens is 1. The standard InChI is InChI=1S/C19H26N4O3/c1-3-26-19(24)18-17(20-22-21-18)16-9-8-15(25-2)12-14(16)13-23-10-6-4-5-7-11-23/h8-9,12H,3-7,10-11,13H2,1-2H3,(H,20,21,22). The van der Waals surface area contributed by atoms with Crippen molar-refractivity contribution >= 4 is 5.97 Å². The summed E-state index contributed by atoms with van der Waals surface area (Å²) in [5.41, 5.74) is 2.70. The van der Waals surface area contributed by atoms with Crippen molar-refractivity contribution in [3.05, 3.63) is 29.5 Å². The van der Waals surface area contributed by atoms with Gasteiger partial charge in [-0.05, 0) is 56.6 Å². The Labute approximate surface area is 153 Å². The van der Waals surface area contributed by atoms with Crippen molar-refractivity contribution in [2.75, 3.05) is 26.8 Å². The van der Waals surface area contributed by atoms with Crippen molar-refractivity contribution in [1.82, 2.24) is 20.3 Å². The molecule has 0 unspecified atom stereocenters. The molecule has 140 valence electrons. The first-order valence-corrected chi connectivity index (χ1v) is 9.20. The van der Waals surface area contributed by atoms with E-state index in [2.05, 4.69) is 20.3 Å². The summed E-state index contributed by atoms with van der Waals surface area (Å²) >= 11 is 0. The van der Waals surface area contributed by atoms with E-state index in [0.29, 0.717) is 12.3 Å². The van der Waals surface area contributed by atoms with E-state index in [-0.39, 0.29) is 5.69 Å². The lowest BCUT2D eigenvalue weighted by Crippen LogP contribution is -2.24. The molecule has 1 fully saturated rings. The zero-order chi connectivity index (χ0) is 18.4. The van der Waals surface area contributed by atoms with Crippen LogP contribution >= 0.6 is 0 Å². The number of aromatic amines is 1. The number of carbonyl (C=O) groups is 1. The maximum absolute atomic E-state index is 12.2. The molecule has 2 aromatic rings. The van der Waals surface area contributed by atoms with Crippen molar-refractivity contribution in [3.8, 4) is 17.0 Å². The monoisotopic (exact) mass is 358 g/mol. The molecule has 0 amide bonds. The number of hydrogen-bond acceptors (Lipinski definition) is 6. The van der Waals surface area contributed by atoms with Gasteiger partial charge in [0.25, 0.3) is 0 Å². The fourth-order valence-electron chi connectivity index (χ4n) is 3.35. The molecule has 0 bridgehead atoms. The number of hydrogen-bond donors (Lipinski definition) is 1. The molecule has 1 aliphatic rings. The number of benzene rings is 1. The first kappa shape index (κ1) is 18.4. The number of likely N-dealkylation sites (tertiary alicyclic amines) is 1. The van der Waals surface area contributed by atoms with Crippen LogP contribution in [0.5, 0.6) is 5.75 Å². The van der Waals surface area contributed by atoms with E-state index in [0.717, 1.165) is 36.5 Å². The van der Waals surface area contributed by atoms with Crippen LogP contribution in [0.15, 0.2) is 18.2 Å². The van der Waals surface area contributed by atoms with E-state index < -0.39 is 5.97 Å². The topological polar surface area (TPSA) is 80.3 Å². The third-order valence-corrected chi connectivity index (χ3v) is 4.68. The van der Waals surface area contributed by atoms with Crippen molar-refractivity contribution in [1.29, 1.82) is 0 Å². The average molecular weight is 358 g/mol. The summed E-state index contributed by atoms with van der Waals surface area (Å²) in [4.78, 5) is 14.6. The van der Waals surface area contributed by atoms with Crippen LogP contribution in [-0.2, 0) is 11.3 Å². The predicted molar refractivity (Wildman–Crippen MR) is 98.1 cm³/mol. The minimum Gasteiger partial charge on any atom is -0.497 e. The second kappa shape index (κ2) is 8.80. The van der Waals surface area contributed by atoms with E-state index in [4.69, 9.17) is 9.47 Å². The Morgan fingerprint density at radius 1 is 1.19 bits per heavy atom. The number of esters is 1. The number of nitrogens with one attached hydrogen (secondary N) is 1.